The van der Waals surface area contributed by atoms with Crippen LogP contribution in [0.4, 0.5) is 13.2 Å². The van der Waals surface area contributed by atoms with Gasteiger partial charge in [0.2, 0.25) is 11.9 Å². The summed E-state index contributed by atoms with van der Waals surface area (Å²) in [7, 11) is 0. The molecule has 0 amide bonds. The second kappa shape index (κ2) is 11.4. The van der Waals surface area contributed by atoms with Crippen LogP contribution in [0.25, 0.3) is 0 Å². The monoisotopic (exact) mass is 456 g/mol. The highest BCUT2D eigenvalue weighted by Crippen LogP contribution is 2.24. The van der Waals surface area contributed by atoms with E-state index in [1.807, 2.05) is 41.5 Å². The molecule has 0 aliphatic carbocycles. The zero-order valence-electron chi connectivity index (χ0n) is 21.2. The summed E-state index contributed by atoms with van der Waals surface area (Å²) >= 11 is 0. The zero-order chi connectivity index (χ0) is 25.4. The van der Waals surface area contributed by atoms with Gasteiger partial charge in [0.25, 0.3) is 0 Å². The molecule has 0 saturated carbocycles. The van der Waals surface area contributed by atoms with Gasteiger partial charge >= 0.3 is 0 Å². The highest BCUT2D eigenvalue weighted by atomic mass is 18.2. The van der Waals surface area contributed by atoms with Crippen LogP contribution in [-0.2, 0) is 16.2 Å². The molecule has 0 atom stereocenters. The Labute approximate surface area is 196 Å². The van der Waals surface area contributed by atoms with Crippen molar-refractivity contribution in [1.82, 2.24) is 15.0 Å². The quantitative estimate of drug-likeness (QED) is 0.328. The Balaban J connectivity index is 0.000000247. The van der Waals surface area contributed by atoms with Crippen molar-refractivity contribution in [2.24, 2.45) is 0 Å². The molecule has 0 N–H and O–H groups in total. The molecule has 0 unspecified atom stereocenters. The zero-order valence-corrected chi connectivity index (χ0v) is 21.2. The van der Waals surface area contributed by atoms with Crippen LogP contribution in [0.5, 0.6) is 0 Å². The van der Waals surface area contributed by atoms with Crippen molar-refractivity contribution in [2.75, 3.05) is 0 Å². The molecule has 0 spiro atoms. The van der Waals surface area contributed by atoms with E-state index in [2.05, 4.69) is 35.7 Å². The number of halogens is 3. The summed E-state index contributed by atoms with van der Waals surface area (Å²) in [5.74, 6) is -0.953. The van der Waals surface area contributed by atoms with Gasteiger partial charge in [-0.05, 0) is 40.0 Å². The molecule has 0 aliphatic rings. The third-order valence-electron chi connectivity index (χ3n) is 4.74. The molecule has 0 saturated heterocycles. The van der Waals surface area contributed by atoms with Crippen LogP contribution >= 0.6 is 0 Å². The molecular formula is C27H36F3N3. The topological polar surface area (TPSA) is 38.7 Å². The van der Waals surface area contributed by atoms with E-state index in [0.29, 0.717) is 11.1 Å². The van der Waals surface area contributed by atoms with E-state index in [4.69, 9.17) is 0 Å². The van der Waals surface area contributed by atoms with E-state index in [1.54, 1.807) is 30.6 Å². The smallest absolute Gasteiger partial charge is 0.216 e. The van der Waals surface area contributed by atoms with E-state index in [-0.39, 0.29) is 28.0 Å². The number of nitrogens with zero attached hydrogens (tertiary/aromatic N) is 3. The Bertz CT molecular complexity index is 941. The highest BCUT2D eigenvalue weighted by molar-refractivity contribution is 5.21. The van der Waals surface area contributed by atoms with Crippen molar-refractivity contribution in [1.29, 1.82) is 0 Å². The molecule has 0 aliphatic heterocycles. The van der Waals surface area contributed by atoms with Crippen molar-refractivity contribution in [3.05, 3.63) is 89.5 Å². The number of hydrogen-bond donors (Lipinski definition) is 0. The fraction of sp³-hybridized carbons (Fsp3) is 0.444. The molecular weight excluding hydrogens is 420 g/mol. The lowest BCUT2D eigenvalue weighted by Gasteiger charge is -2.18. The third-order valence-corrected chi connectivity index (χ3v) is 4.74. The molecule has 0 aromatic carbocycles. The summed E-state index contributed by atoms with van der Waals surface area (Å²) in [4.78, 5) is 11.0. The standard InChI is InChI=1S/3C9H12FN/c1-9(2,3)7-6-11-5-4-8(7)10;1-9(2,3)7-4-5-8(10)11-6-7;1-9(2,3)7-5-4-6-11-8(7)10/h3*4-6H,1-3H3/i3*10-1. The summed E-state index contributed by atoms with van der Waals surface area (Å²) in [6.07, 6.45) is 6.08. The lowest BCUT2D eigenvalue weighted by Crippen LogP contribution is -2.14. The molecule has 3 aromatic heterocycles. The lowest BCUT2D eigenvalue weighted by molar-refractivity contribution is 0.499. The van der Waals surface area contributed by atoms with Gasteiger partial charge in [-0.3, -0.25) is 4.98 Å². The summed E-state index contributed by atoms with van der Waals surface area (Å²) in [5.41, 5.74) is 2.14. The van der Waals surface area contributed by atoms with Crippen LogP contribution in [0.15, 0.2) is 55.1 Å². The first-order valence-electron chi connectivity index (χ1n) is 10.9. The maximum Gasteiger partial charge on any atom is 0.216 e. The van der Waals surface area contributed by atoms with Gasteiger partial charge in [-0.1, -0.05) is 74.4 Å². The Morgan fingerprint density at radius 2 is 1.21 bits per heavy atom. The summed E-state index contributed by atoms with van der Waals surface area (Å²) < 4.78 is 38.4. The predicted octanol–water partition coefficient (Wildman–Crippen LogP) is 7.55. The van der Waals surface area contributed by atoms with Crippen LogP contribution < -0.4 is 0 Å². The van der Waals surface area contributed by atoms with Crippen molar-refractivity contribution in [3.63, 3.8) is 0 Å². The van der Waals surface area contributed by atoms with Gasteiger partial charge in [0.1, 0.15) is 5.82 Å². The molecule has 33 heavy (non-hydrogen) atoms. The minimum absolute atomic E-state index is 0.0562. The average molecular weight is 457 g/mol. The van der Waals surface area contributed by atoms with Crippen molar-refractivity contribution >= 4 is 0 Å². The Hall–Kier alpha value is -2.76. The van der Waals surface area contributed by atoms with Gasteiger partial charge in [-0.25, -0.2) is 14.4 Å². The van der Waals surface area contributed by atoms with E-state index < -0.39 is 5.95 Å². The molecule has 6 heteroatoms. The van der Waals surface area contributed by atoms with Gasteiger partial charge in [0.15, 0.2) is 0 Å². The molecule has 0 fully saturated rings. The second-order valence-electron chi connectivity index (χ2n) is 10.8. The van der Waals surface area contributed by atoms with E-state index in [0.717, 1.165) is 5.56 Å². The van der Waals surface area contributed by atoms with E-state index >= 15 is 0 Å². The van der Waals surface area contributed by atoms with Gasteiger partial charge in [-0.15, -0.1) is 0 Å². The fourth-order valence-corrected chi connectivity index (χ4v) is 2.69. The first-order chi connectivity index (χ1) is 15.0. The SMILES string of the molecule is CC(C)(C)c1ccc([18F])nc1.CC(C)(C)c1cccnc1[18F].CC(C)(C)c1cnccc1[18F]. The second-order valence-corrected chi connectivity index (χ2v) is 10.8. The molecule has 3 nitrogen and oxygen atoms in total. The van der Waals surface area contributed by atoms with Gasteiger partial charge in [0.05, 0.1) is 0 Å². The first kappa shape index (κ1) is 28.3. The predicted molar refractivity (Wildman–Crippen MR) is 129 cm³/mol. The van der Waals surface area contributed by atoms with Crippen LogP contribution in [0.1, 0.15) is 79.0 Å². The minimum atomic E-state index is -0.419. The van der Waals surface area contributed by atoms with Crippen LogP contribution in [0.3, 0.4) is 0 Å². The molecule has 3 heterocycles. The number of rotatable bonds is 0. The van der Waals surface area contributed by atoms with Gasteiger partial charge in [0, 0.05) is 35.9 Å². The van der Waals surface area contributed by atoms with Gasteiger partial charge in [-0.2, -0.15) is 8.78 Å². The average Bonchev–Trinajstić information content (AvgIpc) is 2.67. The number of pyridine rings is 3. The molecule has 0 radical (unpaired) electrons. The van der Waals surface area contributed by atoms with Crippen molar-refractivity contribution in [2.45, 2.75) is 78.6 Å². The van der Waals surface area contributed by atoms with Gasteiger partial charge < -0.3 is 0 Å². The van der Waals surface area contributed by atoms with Crippen molar-refractivity contribution in [3.8, 4) is 0 Å². The van der Waals surface area contributed by atoms with E-state index in [9.17, 15) is 13.2 Å². The molecule has 0 bridgehead atoms. The summed E-state index contributed by atoms with van der Waals surface area (Å²) in [5, 5.41) is 0. The van der Waals surface area contributed by atoms with Crippen LogP contribution in [0, 0.1) is 17.7 Å². The third kappa shape index (κ3) is 9.72. The summed E-state index contributed by atoms with van der Waals surface area (Å²) in [6.45, 7) is 18.0. The number of hydrogen-bond acceptors (Lipinski definition) is 3. The molecule has 3 rings (SSSR count). The number of aromatic nitrogens is 3. The molecule has 180 valence electrons. The van der Waals surface area contributed by atoms with Crippen LogP contribution in [0.2, 0.25) is 0 Å². The summed E-state index contributed by atoms with van der Waals surface area (Å²) in [6, 6.07) is 8.06. The lowest BCUT2D eigenvalue weighted by atomic mass is 9.88. The normalized spacial score (nSPS) is 11.6. The maximum absolute atomic E-state index is 13.0. The van der Waals surface area contributed by atoms with Crippen LogP contribution in [-0.4, -0.2) is 15.0 Å². The first-order valence-corrected chi connectivity index (χ1v) is 10.9. The van der Waals surface area contributed by atoms with Crippen molar-refractivity contribution < 1.29 is 13.2 Å². The maximum atomic E-state index is 13.0. The Kier molecular flexibility index (Phi) is 9.76. The minimum Gasteiger partial charge on any atom is -0.264 e. The largest absolute Gasteiger partial charge is 0.264 e. The Morgan fingerprint density at radius 1 is 0.606 bits per heavy atom. The fourth-order valence-electron chi connectivity index (χ4n) is 2.69. The van der Waals surface area contributed by atoms with E-state index in [1.165, 1.54) is 24.5 Å². The molecule has 3 aromatic rings. The Morgan fingerprint density at radius 3 is 1.58 bits per heavy atom. The highest BCUT2D eigenvalue weighted by Gasteiger charge is 2.18.